The number of hydrogen-bond acceptors (Lipinski definition) is 2. The summed E-state index contributed by atoms with van der Waals surface area (Å²) in [5.74, 6) is 0. The van der Waals surface area contributed by atoms with Gasteiger partial charge in [0.25, 0.3) is 0 Å². The number of piperidine rings is 1. The van der Waals surface area contributed by atoms with Gasteiger partial charge in [-0.25, -0.2) is 0 Å². The number of benzene rings is 1. The van der Waals surface area contributed by atoms with Crippen molar-refractivity contribution in [2.45, 2.75) is 31.5 Å². The van der Waals surface area contributed by atoms with Gasteiger partial charge in [0, 0.05) is 17.9 Å². The fraction of sp³-hybridized carbons (Fsp3) is 0.500. The molecule has 1 atom stereocenters. The first-order chi connectivity index (χ1) is 7.98. The molecule has 1 aromatic rings. The van der Waals surface area contributed by atoms with Crippen LogP contribution in [0, 0.1) is 0 Å². The third-order valence-electron chi connectivity index (χ3n) is 3.11. The van der Waals surface area contributed by atoms with Gasteiger partial charge < -0.3 is 10.6 Å². The minimum atomic E-state index is -4.16. The smallest absolute Gasteiger partial charge is 0.399 e. The van der Waals surface area contributed by atoms with Gasteiger partial charge >= 0.3 is 6.18 Å². The van der Waals surface area contributed by atoms with Crippen LogP contribution in [-0.4, -0.2) is 18.8 Å². The number of alkyl halides is 3. The van der Waals surface area contributed by atoms with Crippen LogP contribution in [0.1, 0.15) is 19.3 Å². The molecular formula is C12H15F3N2. The Morgan fingerprint density at radius 3 is 2.35 bits per heavy atom. The van der Waals surface area contributed by atoms with E-state index in [-0.39, 0.29) is 6.42 Å². The van der Waals surface area contributed by atoms with E-state index in [2.05, 4.69) is 0 Å². The number of nitrogen functional groups attached to an aromatic ring is 1. The quantitative estimate of drug-likeness (QED) is 0.769. The predicted octanol–water partition coefficient (Wildman–Crippen LogP) is 3.19. The Labute approximate surface area is 98.2 Å². The maximum atomic E-state index is 12.9. The molecule has 1 aliphatic heterocycles. The topological polar surface area (TPSA) is 29.3 Å². The van der Waals surface area contributed by atoms with Gasteiger partial charge in [0.15, 0.2) is 0 Å². The second-order valence-electron chi connectivity index (χ2n) is 4.34. The van der Waals surface area contributed by atoms with Crippen LogP contribution in [-0.2, 0) is 0 Å². The molecule has 2 N–H and O–H groups in total. The van der Waals surface area contributed by atoms with E-state index in [0.29, 0.717) is 24.3 Å². The molecule has 2 nitrogen and oxygen atoms in total. The van der Waals surface area contributed by atoms with Crippen molar-refractivity contribution in [2.24, 2.45) is 0 Å². The first-order valence-corrected chi connectivity index (χ1v) is 5.67. The van der Waals surface area contributed by atoms with Crippen LogP contribution < -0.4 is 10.6 Å². The molecule has 94 valence electrons. The summed E-state index contributed by atoms with van der Waals surface area (Å²) in [6.45, 7) is 0.452. The van der Waals surface area contributed by atoms with Crippen LogP contribution in [0.4, 0.5) is 24.5 Å². The minimum absolute atomic E-state index is 0.174. The summed E-state index contributed by atoms with van der Waals surface area (Å²) in [6, 6.07) is 5.22. The molecule has 0 radical (unpaired) electrons. The first kappa shape index (κ1) is 12.1. The van der Waals surface area contributed by atoms with Gasteiger partial charge in [-0.3, -0.25) is 0 Å². The number of nitrogens with zero attached hydrogens (tertiary/aromatic N) is 1. The molecule has 1 aliphatic rings. The molecule has 0 aromatic heterocycles. The van der Waals surface area contributed by atoms with Gasteiger partial charge in [-0.2, -0.15) is 13.2 Å². The van der Waals surface area contributed by atoms with Crippen LogP contribution in [0.25, 0.3) is 0 Å². The maximum Gasteiger partial charge on any atom is 0.408 e. The molecule has 0 aliphatic carbocycles. The second kappa shape index (κ2) is 4.47. The number of nitrogens with two attached hydrogens (primary N) is 1. The van der Waals surface area contributed by atoms with Gasteiger partial charge in [0.05, 0.1) is 0 Å². The number of hydrogen-bond donors (Lipinski definition) is 1. The van der Waals surface area contributed by atoms with E-state index in [1.54, 1.807) is 24.3 Å². The Kier molecular flexibility index (Phi) is 3.17. The average Bonchev–Trinajstić information content (AvgIpc) is 2.29. The number of rotatable bonds is 1. The van der Waals surface area contributed by atoms with Crippen LogP contribution >= 0.6 is 0 Å². The highest BCUT2D eigenvalue weighted by Crippen LogP contribution is 2.35. The molecular weight excluding hydrogens is 229 g/mol. The Morgan fingerprint density at radius 2 is 1.76 bits per heavy atom. The number of halogens is 3. The van der Waals surface area contributed by atoms with Gasteiger partial charge in [-0.15, -0.1) is 0 Å². The lowest BCUT2D eigenvalue weighted by molar-refractivity contribution is -0.152. The zero-order chi connectivity index (χ0) is 12.5. The van der Waals surface area contributed by atoms with Crippen LogP contribution in [0.15, 0.2) is 24.3 Å². The maximum absolute atomic E-state index is 12.9. The molecule has 5 heteroatoms. The average molecular weight is 244 g/mol. The van der Waals surface area contributed by atoms with Gasteiger partial charge in [0.1, 0.15) is 6.04 Å². The Hall–Kier alpha value is -1.39. The summed E-state index contributed by atoms with van der Waals surface area (Å²) < 4.78 is 38.7. The highest BCUT2D eigenvalue weighted by atomic mass is 19.4. The van der Waals surface area contributed by atoms with Crippen molar-refractivity contribution in [2.75, 3.05) is 17.2 Å². The van der Waals surface area contributed by atoms with Crippen molar-refractivity contribution in [1.29, 1.82) is 0 Å². The first-order valence-electron chi connectivity index (χ1n) is 5.67. The van der Waals surface area contributed by atoms with E-state index in [9.17, 15) is 13.2 Å². The van der Waals surface area contributed by atoms with Crippen molar-refractivity contribution in [3.63, 3.8) is 0 Å². The van der Waals surface area contributed by atoms with Gasteiger partial charge in [0.2, 0.25) is 0 Å². The second-order valence-corrected chi connectivity index (χ2v) is 4.34. The minimum Gasteiger partial charge on any atom is -0.399 e. The highest BCUT2D eigenvalue weighted by Gasteiger charge is 2.44. The molecule has 1 heterocycles. The Bertz CT molecular complexity index is 372. The van der Waals surface area contributed by atoms with E-state index in [4.69, 9.17) is 5.73 Å². The van der Waals surface area contributed by atoms with Crippen LogP contribution in [0.3, 0.4) is 0 Å². The number of anilines is 2. The molecule has 17 heavy (non-hydrogen) atoms. The SMILES string of the molecule is Nc1ccc(N2CCCC[C@@H]2C(F)(F)F)cc1. The molecule has 0 saturated carbocycles. The van der Waals surface area contributed by atoms with Gasteiger partial charge in [-0.05, 0) is 43.5 Å². The van der Waals surface area contributed by atoms with Crippen molar-refractivity contribution in [3.05, 3.63) is 24.3 Å². The van der Waals surface area contributed by atoms with E-state index in [1.165, 1.54) is 4.90 Å². The van der Waals surface area contributed by atoms with E-state index in [0.717, 1.165) is 6.42 Å². The fourth-order valence-corrected chi connectivity index (χ4v) is 2.25. The van der Waals surface area contributed by atoms with E-state index in [1.807, 2.05) is 0 Å². The molecule has 1 fully saturated rings. The molecule has 0 spiro atoms. The molecule has 0 unspecified atom stereocenters. The van der Waals surface area contributed by atoms with Crippen LogP contribution in [0.5, 0.6) is 0 Å². The predicted molar refractivity (Wildman–Crippen MR) is 61.9 cm³/mol. The van der Waals surface area contributed by atoms with Crippen molar-refractivity contribution >= 4 is 11.4 Å². The monoisotopic (exact) mass is 244 g/mol. The highest BCUT2D eigenvalue weighted by molar-refractivity contribution is 5.54. The molecule has 0 bridgehead atoms. The normalized spacial score (nSPS) is 21.6. The third kappa shape index (κ3) is 2.65. The van der Waals surface area contributed by atoms with Gasteiger partial charge in [-0.1, -0.05) is 0 Å². The third-order valence-corrected chi connectivity index (χ3v) is 3.11. The van der Waals surface area contributed by atoms with E-state index >= 15 is 0 Å². The van der Waals surface area contributed by atoms with Crippen LogP contribution in [0.2, 0.25) is 0 Å². The summed E-state index contributed by atoms with van der Waals surface area (Å²) in [6.07, 6.45) is -2.55. The largest absolute Gasteiger partial charge is 0.408 e. The standard InChI is InChI=1S/C12H15F3N2/c13-12(14,15)11-3-1-2-8-17(11)10-6-4-9(16)5-7-10/h4-7,11H,1-3,8,16H2/t11-/m1/s1. The summed E-state index contributed by atoms with van der Waals surface area (Å²) in [5, 5.41) is 0. The van der Waals surface area contributed by atoms with E-state index < -0.39 is 12.2 Å². The zero-order valence-corrected chi connectivity index (χ0v) is 9.37. The molecule has 1 saturated heterocycles. The molecule has 0 amide bonds. The lowest BCUT2D eigenvalue weighted by Crippen LogP contribution is -2.48. The summed E-state index contributed by atoms with van der Waals surface area (Å²) >= 11 is 0. The lowest BCUT2D eigenvalue weighted by atomic mass is 10.0. The molecule has 2 rings (SSSR count). The Balaban J connectivity index is 2.25. The summed E-state index contributed by atoms with van der Waals surface area (Å²) in [7, 11) is 0. The van der Waals surface area contributed by atoms with Crippen molar-refractivity contribution in [3.8, 4) is 0 Å². The molecule has 1 aromatic carbocycles. The summed E-state index contributed by atoms with van der Waals surface area (Å²) in [4.78, 5) is 1.43. The summed E-state index contributed by atoms with van der Waals surface area (Å²) in [5.41, 5.74) is 6.70. The Morgan fingerprint density at radius 1 is 1.12 bits per heavy atom. The fourth-order valence-electron chi connectivity index (χ4n) is 2.25. The van der Waals surface area contributed by atoms with Crippen molar-refractivity contribution < 1.29 is 13.2 Å². The lowest BCUT2D eigenvalue weighted by Gasteiger charge is -2.38. The van der Waals surface area contributed by atoms with Crippen molar-refractivity contribution in [1.82, 2.24) is 0 Å². The zero-order valence-electron chi connectivity index (χ0n) is 9.37.